The maximum Gasteiger partial charge on any atom is 0.137 e. The lowest BCUT2D eigenvalue weighted by molar-refractivity contribution is 0.146. The number of nitrogens with zero attached hydrogens (tertiary/aromatic N) is 5. The highest BCUT2D eigenvalue weighted by Gasteiger charge is 2.32. The van der Waals surface area contributed by atoms with Crippen molar-refractivity contribution in [3.05, 3.63) is 65.2 Å². The van der Waals surface area contributed by atoms with Gasteiger partial charge in [0.1, 0.15) is 29.5 Å². The number of thioether (sulfide) groups is 1. The van der Waals surface area contributed by atoms with Gasteiger partial charge in [0, 0.05) is 36.7 Å². The third kappa shape index (κ3) is 4.88. The van der Waals surface area contributed by atoms with Crippen molar-refractivity contribution in [1.82, 2.24) is 15.0 Å². The summed E-state index contributed by atoms with van der Waals surface area (Å²) in [5.41, 5.74) is 3.72. The number of rotatable bonds is 9. The van der Waals surface area contributed by atoms with E-state index in [2.05, 4.69) is 22.1 Å². The summed E-state index contributed by atoms with van der Waals surface area (Å²) in [6.45, 7) is 0.895. The van der Waals surface area contributed by atoms with Crippen molar-refractivity contribution in [2.75, 3.05) is 20.3 Å². The molecule has 0 radical (unpaired) electrons. The van der Waals surface area contributed by atoms with Crippen LogP contribution >= 0.6 is 11.8 Å². The van der Waals surface area contributed by atoms with Crippen LogP contribution in [0.15, 0.2) is 47.9 Å². The number of nitriles is 2. The second kappa shape index (κ2) is 10.2. The van der Waals surface area contributed by atoms with Crippen LogP contribution in [-0.2, 0) is 10.5 Å². The van der Waals surface area contributed by atoms with Crippen LogP contribution in [0.4, 0.5) is 0 Å². The van der Waals surface area contributed by atoms with Gasteiger partial charge in [0.15, 0.2) is 0 Å². The van der Waals surface area contributed by atoms with E-state index in [1.54, 1.807) is 37.8 Å². The van der Waals surface area contributed by atoms with Crippen LogP contribution in [-0.4, -0.2) is 35.3 Å². The van der Waals surface area contributed by atoms with Gasteiger partial charge < -0.3 is 9.47 Å². The number of hydrogen-bond donors (Lipinski definition) is 0. The average molecular weight is 444 g/mol. The molecule has 0 unspecified atom stereocenters. The van der Waals surface area contributed by atoms with Crippen molar-refractivity contribution in [2.45, 2.75) is 29.5 Å². The minimum absolute atomic E-state index is 0.255. The molecule has 4 rings (SSSR count). The van der Waals surface area contributed by atoms with Gasteiger partial charge in [-0.1, -0.05) is 6.07 Å². The molecule has 0 spiro atoms. The van der Waals surface area contributed by atoms with E-state index in [0.29, 0.717) is 52.1 Å². The Bertz CT molecular complexity index is 1170. The van der Waals surface area contributed by atoms with Gasteiger partial charge in [-0.15, -0.1) is 11.8 Å². The summed E-state index contributed by atoms with van der Waals surface area (Å²) in [6, 6.07) is 12.0. The van der Waals surface area contributed by atoms with Crippen LogP contribution in [0.5, 0.6) is 5.75 Å². The predicted molar refractivity (Wildman–Crippen MR) is 120 cm³/mol. The van der Waals surface area contributed by atoms with Crippen molar-refractivity contribution in [1.29, 1.82) is 10.5 Å². The zero-order chi connectivity index (χ0) is 22.3. The molecule has 8 heteroatoms. The molecule has 0 aromatic carbocycles. The highest BCUT2D eigenvalue weighted by molar-refractivity contribution is 7.98. The fourth-order valence-electron chi connectivity index (χ4n) is 3.30. The van der Waals surface area contributed by atoms with Crippen LogP contribution in [0.2, 0.25) is 0 Å². The summed E-state index contributed by atoms with van der Waals surface area (Å²) in [6.07, 6.45) is 7.13. The molecule has 1 fully saturated rings. The fraction of sp³-hybridized carbons (Fsp3) is 0.292. The van der Waals surface area contributed by atoms with E-state index in [-0.39, 0.29) is 5.92 Å². The molecule has 0 atom stereocenters. The second-order valence-electron chi connectivity index (χ2n) is 7.30. The Balaban J connectivity index is 1.73. The summed E-state index contributed by atoms with van der Waals surface area (Å²) < 4.78 is 10.6. The predicted octanol–water partition coefficient (Wildman–Crippen LogP) is 4.48. The molecule has 0 saturated heterocycles. The molecule has 3 aromatic heterocycles. The lowest BCUT2D eigenvalue weighted by Gasteiger charge is -2.14. The van der Waals surface area contributed by atoms with Crippen molar-refractivity contribution in [3.8, 4) is 29.1 Å². The van der Waals surface area contributed by atoms with Crippen molar-refractivity contribution in [3.63, 3.8) is 0 Å². The van der Waals surface area contributed by atoms with E-state index in [1.165, 1.54) is 11.8 Å². The highest BCUT2D eigenvalue weighted by Crippen LogP contribution is 2.45. The maximum absolute atomic E-state index is 10.0. The van der Waals surface area contributed by atoms with Gasteiger partial charge >= 0.3 is 0 Å². The third-order valence-corrected chi connectivity index (χ3v) is 6.07. The molecule has 1 aliphatic rings. The van der Waals surface area contributed by atoms with Gasteiger partial charge in [-0.25, -0.2) is 4.98 Å². The van der Waals surface area contributed by atoms with Gasteiger partial charge in [-0.2, -0.15) is 10.5 Å². The molecule has 0 amide bonds. The van der Waals surface area contributed by atoms with Gasteiger partial charge in [-0.3, -0.25) is 9.97 Å². The molecule has 3 heterocycles. The van der Waals surface area contributed by atoms with Crippen LogP contribution in [0.1, 0.15) is 41.1 Å². The minimum atomic E-state index is 0.255. The number of aromatic nitrogens is 3. The van der Waals surface area contributed by atoms with Gasteiger partial charge in [0.05, 0.1) is 35.3 Å². The lowest BCUT2D eigenvalue weighted by atomic mass is 9.97. The molecule has 3 aromatic rings. The fourth-order valence-corrected chi connectivity index (χ4v) is 4.23. The summed E-state index contributed by atoms with van der Waals surface area (Å²) >= 11 is 1.48. The van der Waals surface area contributed by atoms with Crippen LogP contribution < -0.4 is 4.74 Å². The van der Waals surface area contributed by atoms with Crippen molar-refractivity contribution < 1.29 is 9.47 Å². The Kier molecular flexibility index (Phi) is 6.96. The zero-order valence-electron chi connectivity index (χ0n) is 17.6. The maximum atomic E-state index is 10.0. The van der Waals surface area contributed by atoms with E-state index in [9.17, 15) is 10.5 Å². The van der Waals surface area contributed by atoms with E-state index in [0.717, 1.165) is 24.1 Å². The van der Waals surface area contributed by atoms with Crippen LogP contribution in [0.3, 0.4) is 0 Å². The first-order chi connectivity index (χ1) is 15.7. The summed E-state index contributed by atoms with van der Waals surface area (Å²) in [5.74, 6) is 1.49. The monoisotopic (exact) mass is 443 g/mol. The topological polar surface area (TPSA) is 105 Å². The third-order valence-electron chi connectivity index (χ3n) is 5.03. The molecule has 32 heavy (non-hydrogen) atoms. The van der Waals surface area contributed by atoms with Crippen LogP contribution in [0, 0.1) is 22.7 Å². The molecule has 7 nitrogen and oxygen atoms in total. The largest absolute Gasteiger partial charge is 0.490 e. The summed E-state index contributed by atoms with van der Waals surface area (Å²) in [5, 5.41) is 20.6. The van der Waals surface area contributed by atoms with E-state index < -0.39 is 0 Å². The highest BCUT2D eigenvalue weighted by atomic mass is 32.2. The molecular weight excluding hydrogens is 422 g/mol. The second-order valence-corrected chi connectivity index (χ2v) is 8.26. The van der Waals surface area contributed by atoms with Gasteiger partial charge in [0.2, 0.25) is 0 Å². The molecular formula is C24H21N5O2S. The Labute approximate surface area is 191 Å². The standard InChI is InChI=1S/C24H21N5O2S/c1-30-9-10-31-18-6-7-21(28-14-18)22-19(11-25)23(17-4-5-17)29-24(20(22)12-26)32-15-16-3-2-8-27-13-16/h2-3,6-8,13-14,17H,4-5,9-10,15H2,1H3. The Morgan fingerprint density at radius 2 is 1.94 bits per heavy atom. The summed E-state index contributed by atoms with van der Waals surface area (Å²) in [7, 11) is 1.61. The van der Waals surface area contributed by atoms with Crippen molar-refractivity contribution >= 4 is 11.8 Å². The van der Waals surface area contributed by atoms with E-state index in [1.807, 2.05) is 12.1 Å². The Morgan fingerprint density at radius 1 is 1.09 bits per heavy atom. The quantitative estimate of drug-likeness (QED) is 0.352. The average Bonchev–Trinajstić information content (AvgIpc) is 3.68. The zero-order valence-corrected chi connectivity index (χ0v) is 18.4. The Morgan fingerprint density at radius 3 is 2.56 bits per heavy atom. The Hall–Kier alpha value is -3.46. The molecule has 1 saturated carbocycles. The minimum Gasteiger partial charge on any atom is -0.490 e. The molecule has 160 valence electrons. The van der Waals surface area contributed by atoms with Gasteiger partial charge in [0.25, 0.3) is 0 Å². The molecule has 0 aliphatic heterocycles. The number of hydrogen-bond acceptors (Lipinski definition) is 8. The van der Waals surface area contributed by atoms with Crippen LogP contribution in [0.25, 0.3) is 11.3 Å². The lowest BCUT2D eigenvalue weighted by Crippen LogP contribution is -2.05. The van der Waals surface area contributed by atoms with Gasteiger partial charge in [-0.05, 0) is 36.6 Å². The number of pyridine rings is 3. The molecule has 0 bridgehead atoms. The van der Waals surface area contributed by atoms with E-state index in [4.69, 9.17) is 14.5 Å². The normalized spacial score (nSPS) is 12.7. The number of methoxy groups -OCH3 is 1. The first-order valence-corrected chi connectivity index (χ1v) is 11.2. The molecule has 1 aliphatic carbocycles. The molecule has 0 N–H and O–H groups in total. The number of ether oxygens (including phenoxy) is 2. The smallest absolute Gasteiger partial charge is 0.137 e. The first kappa shape index (κ1) is 21.8. The van der Waals surface area contributed by atoms with Crippen molar-refractivity contribution in [2.24, 2.45) is 0 Å². The summed E-state index contributed by atoms with van der Waals surface area (Å²) in [4.78, 5) is 13.4. The first-order valence-electron chi connectivity index (χ1n) is 10.2. The SMILES string of the molecule is COCCOc1ccc(-c2c(C#N)c(SCc3cccnc3)nc(C3CC3)c2C#N)nc1. The van der Waals surface area contributed by atoms with E-state index >= 15 is 0 Å².